The van der Waals surface area contributed by atoms with E-state index in [2.05, 4.69) is 26.0 Å². The summed E-state index contributed by atoms with van der Waals surface area (Å²) in [6, 6.07) is 10.1. The average molecular weight is 665 g/mol. The molecule has 7 aliphatic rings. The van der Waals surface area contributed by atoms with Gasteiger partial charge < -0.3 is 38.7 Å². The van der Waals surface area contributed by atoms with Gasteiger partial charge in [-0.3, -0.25) is 0 Å². The summed E-state index contributed by atoms with van der Waals surface area (Å²) in [7, 11) is 0. The maximum Gasteiger partial charge on any atom is 0.331 e. The minimum Gasteiger partial charge on any atom is -0.458 e. The zero-order chi connectivity index (χ0) is 33.5. The number of rotatable bonds is 7. The number of carbonyl (C=O) groups is 2. The molecule has 0 radical (unpaired) electrons. The largest absolute Gasteiger partial charge is 0.458 e. The highest BCUT2D eigenvalue weighted by Crippen LogP contribution is 2.70. The monoisotopic (exact) mass is 664 g/mol. The predicted octanol–water partition coefficient (Wildman–Crippen LogP) is 5.49. The maximum absolute atomic E-state index is 13.3. The van der Waals surface area contributed by atoms with E-state index < -0.39 is 34.1 Å². The lowest BCUT2D eigenvalue weighted by Crippen LogP contribution is -2.69. The van der Waals surface area contributed by atoms with Crippen LogP contribution in [-0.4, -0.2) is 71.0 Å². The van der Waals surface area contributed by atoms with Crippen LogP contribution in [0.4, 0.5) is 0 Å². The van der Waals surface area contributed by atoms with Gasteiger partial charge >= 0.3 is 5.97 Å². The third-order valence-corrected chi connectivity index (χ3v) is 14.3. The number of ether oxygens (including phenoxy) is 5. The number of cyclic esters (lactones) is 1. The normalized spacial score (nSPS) is 49.7. The van der Waals surface area contributed by atoms with Crippen LogP contribution in [0.1, 0.15) is 103 Å². The number of fused-ring (bicyclic) bond motifs is 6. The van der Waals surface area contributed by atoms with Gasteiger partial charge in [0, 0.05) is 36.3 Å². The Morgan fingerprint density at radius 1 is 1.00 bits per heavy atom. The molecule has 1 aromatic rings. The third-order valence-electron chi connectivity index (χ3n) is 14.3. The van der Waals surface area contributed by atoms with Gasteiger partial charge in [0.25, 0.3) is 0 Å². The maximum atomic E-state index is 13.3. The molecule has 4 saturated carbocycles. The number of esters is 1. The topological polar surface area (TPSA) is 121 Å². The molecule has 3 heterocycles. The second-order valence-corrected chi connectivity index (χ2v) is 16.4. The lowest BCUT2D eigenvalue weighted by molar-refractivity contribution is -0.278. The van der Waals surface area contributed by atoms with Crippen molar-refractivity contribution in [2.45, 2.75) is 146 Å². The van der Waals surface area contributed by atoms with Gasteiger partial charge in [-0.1, -0.05) is 50.6 Å². The molecule has 48 heavy (non-hydrogen) atoms. The highest BCUT2D eigenvalue weighted by atomic mass is 16.8. The van der Waals surface area contributed by atoms with Crippen LogP contribution in [0.15, 0.2) is 42.0 Å². The second kappa shape index (κ2) is 11.7. The molecule has 4 aliphatic carbocycles. The molecule has 8 rings (SSSR count). The Balaban J connectivity index is 0.969. The minimum absolute atomic E-state index is 0.0820. The van der Waals surface area contributed by atoms with E-state index in [1.807, 2.05) is 25.1 Å². The second-order valence-electron chi connectivity index (χ2n) is 16.4. The van der Waals surface area contributed by atoms with E-state index in [1.54, 1.807) is 6.08 Å². The fourth-order valence-corrected chi connectivity index (χ4v) is 11.9. The lowest BCUT2D eigenvalue weighted by Gasteiger charge is -2.65. The quantitative estimate of drug-likeness (QED) is 0.221. The van der Waals surface area contributed by atoms with Crippen LogP contribution in [0.5, 0.6) is 0 Å². The summed E-state index contributed by atoms with van der Waals surface area (Å²) in [5.74, 6) is -1.22. The molecular formula is C39H52O9. The SMILES string of the molecule is CCCC1(c2ccccc2)O[C@H]2[C@H](C[C@H](O[C@H]3CC[C@]4(C=O)[C@H]5CC[C@]6(C)[C@@H](C7=CC(=O)OC7)CC[C@]6(O)[C@@H]5CC[C@]4(O)C3)O[C@@H]2C)O1. The fraction of sp³-hybridized carbons (Fsp3) is 0.744. The van der Waals surface area contributed by atoms with E-state index in [-0.39, 0.29) is 48.1 Å². The number of aliphatic hydroxyl groups is 2. The molecule has 9 heteroatoms. The van der Waals surface area contributed by atoms with Crippen LogP contribution in [0.3, 0.4) is 0 Å². The van der Waals surface area contributed by atoms with Crippen molar-refractivity contribution in [3.63, 3.8) is 0 Å². The van der Waals surface area contributed by atoms with Crippen LogP contribution < -0.4 is 0 Å². The smallest absolute Gasteiger partial charge is 0.331 e. The van der Waals surface area contributed by atoms with E-state index in [0.717, 1.165) is 49.5 Å². The Labute approximate surface area is 283 Å². The van der Waals surface area contributed by atoms with Gasteiger partial charge in [-0.15, -0.1) is 0 Å². The van der Waals surface area contributed by atoms with Crippen molar-refractivity contribution in [1.82, 2.24) is 0 Å². The van der Waals surface area contributed by atoms with Crippen LogP contribution in [0, 0.1) is 28.6 Å². The van der Waals surface area contributed by atoms with Gasteiger partial charge in [-0.25, -0.2) is 4.79 Å². The molecule has 9 nitrogen and oxygen atoms in total. The standard InChI is InChI=1S/C39H52O9/c1-4-14-39(26-8-6-5-7-9-26)47-31-20-33(45-24(2)34(31)48-39)46-27-10-16-36(23-40)29-11-15-35(3)28(25-19-32(41)44-22-25)13-18-38(35,43)30(29)12-17-37(36,42)21-27/h5-9,19,23-24,27-31,33-34,42-43H,4,10-18,20-22H2,1-3H3/t24-,27+,28-,29+,30-,31+,33+,34-,35-,36+,37+,38+,39?/m1/s1. The minimum atomic E-state index is -1.21. The van der Waals surface area contributed by atoms with Crippen molar-refractivity contribution in [2.75, 3.05) is 6.61 Å². The van der Waals surface area contributed by atoms with E-state index in [9.17, 15) is 19.8 Å². The molecular weight excluding hydrogens is 612 g/mol. The van der Waals surface area contributed by atoms with Crippen LogP contribution in [-0.2, 0) is 39.1 Å². The molecule has 2 N–H and O–H groups in total. The molecule has 3 aliphatic heterocycles. The molecule has 0 bridgehead atoms. The van der Waals surface area contributed by atoms with Crippen LogP contribution in [0.2, 0.25) is 0 Å². The zero-order valence-electron chi connectivity index (χ0n) is 28.6. The number of carbonyl (C=O) groups excluding carboxylic acids is 2. The van der Waals surface area contributed by atoms with Crippen LogP contribution >= 0.6 is 0 Å². The number of benzene rings is 1. The molecule has 0 aromatic heterocycles. The van der Waals surface area contributed by atoms with Crippen LogP contribution in [0.25, 0.3) is 0 Å². The molecule has 2 saturated heterocycles. The number of aldehydes is 1. The van der Waals surface area contributed by atoms with Crippen molar-refractivity contribution in [2.24, 2.45) is 28.6 Å². The molecule has 0 amide bonds. The van der Waals surface area contributed by atoms with Gasteiger partial charge in [-0.2, -0.15) is 0 Å². The molecule has 6 fully saturated rings. The fourth-order valence-electron chi connectivity index (χ4n) is 11.9. The third kappa shape index (κ3) is 4.70. The molecule has 1 unspecified atom stereocenters. The summed E-state index contributed by atoms with van der Waals surface area (Å²) in [6.07, 6.45) is 9.03. The van der Waals surface area contributed by atoms with Crippen molar-refractivity contribution >= 4 is 12.3 Å². The lowest BCUT2D eigenvalue weighted by atomic mass is 9.41. The number of hydrogen-bond donors (Lipinski definition) is 2. The van der Waals surface area contributed by atoms with Crippen molar-refractivity contribution in [3.05, 3.63) is 47.5 Å². The zero-order valence-corrected chi connectivity index (χ0v) is 28.6. The Morgan fingerprint density at radius 3 is 2.52 bits per heavy atom. The van der Waals surface area contributed by atoms with Crippen molar-refractivity contribution < 1.29 is 43.5 Å². The van der Waals surface area contributed by atoms with Gasteiger partial charge in [0.2, 0.25) is 0 Å². The molecule has 13 atom stereocenters. The van der Waals surface area contributed by atoms with Gasteiger partial charge in [0.15, 0.2) is 12.1 Å². The van der Waals surface area contributed by atoms with Gasteiger partial charge in [0.05, 0.1) is 34.9 Å². The van der Waals surface area contributed by atoms with E-state index in [4.69, 9.17) is 23.7 Å². The Hall–Kier alpha value is -2.14. The first kappa shape index (κ1) is 33.0. The van der Waals surface area contributed by atoms with E-state index in [0.29, 0.717) is 51.6 Å². The summed E-state index contributed by atoms with van der Waals surface area (Å²) in [5, 5.41) is 25.0. The number of hydrogen-bond acceptors (Lipinski definition) is 9. The van der Waals surface area contributed by atoms with Gasteiger partial charge in [0.1, 0.15) is 19.0 Å². The van der Waals surface area contributed by atoms with Crippen molar-refractivity contribution in [3.8, 4) is 0 Å². The summed E-state index contributed by atoms with van der Waals surface area (Å²) in [5.41, 5.74) is -1.50. The Kier molecular flexibility index (Phi) is 8.06. The van der Waals surface area contributed by atoms with Gasteiger partial charge in [-0.05, 0) is 81.6 Å². The highest BCUT2D eigenvalue weighted by Gasteiger charge is 2.71. The molecule has 262 valence electrons. The van der Waals surface area contributed by atoms with E-state index >= 15 is 0 Å². The first-order chi connectivity index (χ1) is 23.0. The summed E-state index contributed by atoms with van der Waals surface area (Å²) < 4.78 is 31.7. The Bertz CT molecular complexity index is 1450. The summed E-state index contributed by atoms with van der Waals surface area (Å²) in [4.78, 5) is 25.2. The predicted molar refractivity (Wildman–Crippen MR) is 174 cm³/mol. The average Bonchev–Trinajstić information content (AvgIpc) is 3.75. The van der Waals surface area contributed by atoms with Crippen molar-refractivity contribution in [1.29, 1.82) is 0 Å². The molecule has 0 spiro atoms. The highest BCUT2D eigenvalue weighted by molar-refractivity contribution is 5.85. The van der Waals surface area contributed by atoms with E-state index in [1.165, 1.54) is 0 Å². The molecule has 1 aromatic carbocycles. The summed E-state index contributed by atoms with van der Waals surface area (Å²) in [6.45, 7) is 6.62. The Morgan fingerprint density at radius 2 is 1.79 bits per heavy atom. The summed E-state index contributed by atoms with van der Waals surface area (Å²) >= 11 is 0. The first-order valence-electron chi connectivity index (χ1n) is 18.5. The first-order valence-corrected chi connectivity index (χ1v) is 18.5.